The van der Waals surface area contributed by atoms with E-state index in [1.54, 1.807) is 0 Å². The van der Waals surface area contributed by atoms with Gasteiger partial charge in [-0.25, -0.2) is 0 Å². The molecule has 0 atom stereocenters. The Morgan fingerprint density at radius 3 is 2.50 bits per heavy atom. The van der Waals surface area contributed by atoms with Gasteiger partial charge in [0, 0.05) is 23.7 Å². The summed E-state index contributed by atoms with van der Waals surface area (Å²) in [7, 11) is 1.97. The van der Waals surface area contributed by atoms with Crippen LogP contribution in [0.5, 0.6) is 0 Å². The van der Waals surface area contributed by atoms with Gasteiger partial charge in [0.15, 0.2) is 5.78 Å². The molecular formula is C15H16N2O. The molecule has 0 N–H and O–H groups in total. The van der Waals surface area contributed by atoms with Crippen LogP contribution in [0.1, 0.15) is 33.6 Å². The third-order valence-corrected chi connectivity index (χ3v) is 3.56. The molecular weight excluding hydrogens is 224 g/mol. The molecule has 1 aromatic heterocycles. The summed E-state index contributed by atoms with van der Waals surface area (Å²) in [6.45, 7) is 5.98. The van der Waals surface area contributed by atoms with Gasteiger partial charge in [-0.2, -0.15) is 5.26 Å². The fourth-order valence-corrected chi connectivity index (χ4v) is 2.56. The largest absolute Gasteiger partial charge is 0.347 e. The second kappa shape index (κ2) is 4.30. The second-order valence-electron chi connectivity index (χ2n) is 4.70. The lowest BCUT2D eigenvalue weighted by Crippen LogP contribution is -2.01. The SMILES string of the molecule is Cc1ccc(C)c2c1c(C(=O)CC#N)c(C)n2C. The van der Waals surface area contributed by atoms with Gasteiger partial charge in [0.05, 0.1) is 18.0 Å². The van der Waals surface area contributed by atoms with Gasteiger partial charge >= 0.3 is 0 Å². The number of Topliss-reactive ketones (excluding diaryl/α,β-unsaturated/α-hetero) is 1. The van der Waals surface area contributed by atoms with Crippen LogP contribution in [-0.2, 0) is 7.05 Å². The molecule has 1 heterocycles. The smallest absolute Gasteiger partial charge is 0.179 e. The van der Waals surface area contributed by atoms with Crippen molar-refractivity contribution in [2.45, 2.75) is 27.2 Å². The van der Waals surface area contributed by atoms with E-state index in [0.717, 1.165) is 27.7 Å². The summed E-state index contributed by atoms with van der Waals surface area (Å²) in [5.74, 6) is -0.0886. The Kier molecular flexibility index (Phi) is 2.96. The van der Waals surface area contributed by atoms with Crippen LogP contribution in [-0.4, -0.2) is 10.4 Å². The first-order valence-electron chi connectivity index (χ1n) is 5.94. The Labute approximate surface area is 107 Å². The van der Waals surface area contributed by atoms with E-state index < -0.39 is 0 Å². The predicted octanol–water partition coefficient (Wildman–Crippen LogP) is 3.20. The van der Waals surface area contributed by atoms with Gasteiger partial charge in [-0.05, 0) is 31.9 Å². The average Bonchev–Trinajstić information content (AvgIpc) is 2.59. The Balaban J connectivity index is 2.90. The minimum Gasteiger partial charge on any atom is -0.347 e. The fourth-order valence-electron chi connectivity index (χ4n) is 2.56. The van der Waals surface area contributed by atoms with Crippen LogP contribution < -0.4 is 0 Å². The summed E-state index contributed by atoms with van der Waals surface area (Å²) in [5.41, 5.74) is 4.96. The Morgan fingerprint density at radius 1 is 1.28 bits per heavy atom. The van der Waals surface area contributed by atoms with Crippen LogP contribution >= 0.6 is 0 Å². The topological polar surface area (TPSA) is 45.8 Å². The van der Waals surface area contributed by atoms with Crippen LogP contribution in [0, 0.1) is 32.1 Å². The van der Waals surface area contributed by atoms with E-state index in [4.69, 9.17) is 5.26 Å². The van der Waals surface area contributed by atoms with Crippen LogP contribution in [0.4, 0.5) is 0 Å². The number of ketones is 1. The van der Waals surface area contributed by atoms with Crippen molar-refractivity contribution in [1.29, 1.82) is 5.26 Å². The summed E-state index contributed by atoms with van der Waals surface area (Å²) in [5, 5.41) is 9.71. The van der Waals surface area contributed by atoms with Crippen molar-refractivity contribution in [2.24, 2.45) is 7.05 Å². The van der Waals surface area contributed by atoms with Crippen molar-refractivity contribution >= 4 is 16.7 Å². The molecule has 0 aliphatic rings. The fraction of sp³-hybridized carbons (Fsp3) is 0.333. The molecule has 0 radical (unpaired) electrons. The van der Waals surface area contributed by atoms with Crippen molar-refractivity contribution in [1.82, 2.24) is 4.57 Å². The molecule has 0 unspecified atom stereocenters. The van der Waals surface area contributed by atoms with Crippen LogP contribution in [0.3, 0.4) is 0 Å². The second-order valence-corrected chi connectivity index (χ2v) is 4.70. The summed E-state index contributed by atoms with van der Waals surface area (Å²) < 4.78 is 2.04. The monoisotopic (exact) mass is 240 g/mol. The van der Waals surface area contributed by atoms with Gasteiger partial charge in [0.25, 0.3) is 0 Å². The maximum absolute atomic E-state index is 12.1. The lowest BCUT2D eigenvalue weighted by atomic mass is 9.99. The number of carbonyl (C=O) groups excluding carboxylic acids is 1. The zero-order valence-corrected chi connectivity index (χ0v) is 11.2. The molecule has 0 bridgehead atoms. The number of nitriles is 1. The average molecular weight is 240 g/mol. The highest BCUT2D eigenvalue weighted by molar-refractivity contribution is 6.11. The molecule has 0 saturated heterocycles. The number of hydrogen-bond acceptors (Lipinski definition) is 2. The molecule has 0 aliphatic carbocycles. The molecule has 18 heavy (non-hydrogen) atoms. The first-order chi connectivity index (χ1) is 8.49. The standard InChI is InChI=1S/C15H16N2O/c1-9-5-6-10(2)15-13(9)14(11(3)17(15)4)12(18)7-8-16/h5-6H,7H2,1-4H3. The first kappa shape index (κ1) is 12.4. The molecule has 0 spiro atoms. The molecule has 92 valence electrons. The van der Waals surface area contributed by atoms with Crippen molar-refractivity contribution in [3.63, 3.8) is 0 Å². The summed E-state index contributed by atoms with van der Waals surface area (Å²) in [6.07, 6.45) is -0.0622. The summed E-state index contributed by atoms with van der Waals surface area (Å²) in [6, 6.07) is 6.04. The summed E-state index contributed by atoms with van der Waals surface area (Å²) >= 11 is 0. The molecule has 2 aromatic rings. The minimum atomic E-state index is -0.0886. The molecule has 0 fully saturated rings. The van der Waals surface area contributed by atoms with Crippen molar-refractivity contribution in [3.8, 4) is 6.07 Å². The van der Waals surface area contributed by atoms with Crippen LogP contribution in [0.15, 0.2) is 12.1 Å². The number of aromatic nitrogens is 1. The predicted molar refractivity (Wildman–Crippen MR) is 71.7 cm³/mol. The van der Waals surface area contributed by atoms with E-state index in [0.29, 0.717) is 5.56 Å². The van der Waals surface area contributed by atoms with Gasteiger partial charge in [0.2, 0.25) is 0 Å². The van der Waals surface area contributed by atoms with E-state index in [9.17, 15) is 4.79 Å². The molecule has 2 rings (SSSR count). The van der Waals surface area contributed by atoms with Crippen LogP contribution in [0.25, 0.3) is 10.9 Å². The number of hydrogen-bond donors (Lipinski definition) is 0. The van der Waals surface area contributed by atoms with E-state index in [1.807, 2.05) is 44.5 Å². The Bertz CT molecular complexity index is 687. The zero-order chi connectivity index (χ0) is 13.4. The minimum absolute atomic E-state index is 0.0622. The first-order valence-corrected chi connectivity index (χ1v) is 5.94. The van der Waals surface area contributed by atoms with E-state index in [2.05, 4.69) is 6.07 Å². The van der Waals surface area contributed by atoms with E-state index in [-0.39, 0.29) is 12.2 Å². The highest BCUT2D eigenvalue weighted by atomic mass is 16.1. The third kappa shape index (κ3) is 1.62. The molecule has 0 saturated carbocycles. The molecule has 0 aliphatic heterocycles. The number of nitrogens with zero attached hydrogens (tertiary/aromatic N) is 2. The molecule has 0 amide bonds. The maximum atomic E-state index is 12.1. The Hall–Kier alpha value is -2.08. The van der Waals surface area contributed by atoms with Gasteiger partial charge in [-0.1, -0.05) is 12.1 Å². The highest BCUT2D eigenvalue weighted by Crippen LogP contribution is 2.31. The van der Waals surface area contributed by atoms with Crippen molar-refractivity contribution in [2.75, 3.05) is 0 Å². The molecule has 3 heteroatoms. The van der Waals surface area contributed by atoms with Crippen LogP contribution in [0.2, 0.25) is 0 Å². The number of aryl methyl sites for hydroxylation is 3. The van der Waals surface area contributed by atoms with Gasteiger partial charge in [0.1, 0.15) is 0 Å². The van der Waals surface area contributed by atoms with E-state index in [1.165, 1.54) is 0 Å². The zero-order valence-electron chi connectivity index (χ0n) is 11.2. The number of benzene rings is 1. The highest BCUT2D eigenvalue weighted by Gasteiger charge is 2.20. The lowest BCUT2D eigenvalue weighted by molar-refractivity contribution is 0.0998. The van der Waals surface area contributed by atoms with Gasteiger partial charge < -0.3 is 4.57 Å². The van der Waals surface area contributed by atoms with Gasteiger partial charge in [-0.3, -0.25) is 4.79 Å². The lowest BCUT2D eigenvalue weighted by Gasteiger charge is -2.04. The van der Waals surface area contributed by atoms with Crippen molar-refractivity contribution in [3.05, 3.63) is 34.5 Å². The maximum Gasteiger partial charge on any atom is 0.179 e. The molecule has 1 aromatic carbocycles. The Morgan fingerprint density at radius 2 is 1.89 bits per heavy atom. The molecule has 3 nitrogen and oxygen atoms in total. The summed E-state index contributed by atoms with van der Waals surface area (Å²) in [4.78, 5) is 12.1. The third-order valence-electron chi connectivity index (χ3n) is 3.56. The van der Waals surface area contributed by atoms with Crippen molar-refractivity contribution < 1.29 is 4.79 Å². The van der Waals surface area contributed by atoms with Gasteiger partial charge in [-0.15, -0.1) is 0 Å². The quantitative estimate of drug-likeness (QED) is 0.757. The number of carbonyl (C=O) groups is 1. The normalized spacial score (nSPS) is 10.6. The number of fused-ring (bicyclic) bond motifs is 1. The number of rotatable bonds is 2. The van der Waals surface area contributed by atoms with E-state index >= 15 is 0 Å².